The second-order valence-corrected chi connectivity index (χ2v) is 5.58. The summed E-state index contributed by atoms with van der Waals surface area (Å²) in [4.78, 5) is 10.2. The summed E-state index contributed by atoms with van der Waals surface area (Å²) in [6, 6.07) is 16.7. The first-order valence-electron chi connectivity index (χ1n) is 6.74. The molecule has 0 fully saturated rings. The highest BCUT2D eigenvalue weighted by atomic mass is 32.2. The fraction of sp³-hybridized carbons (Fsp3) is 0.188. The third-order valence-electron chi connectivity index (χ3n) is 2.87. The summed E-state index contributed by atoms with van der Waals surface area (Å²) in [5.74, 6) is 11.2. The first kappa shape index (κ1) is 18.0. The lowest BCUT2D eigenvalue weighted by Gasteiger charge is -2.18. The Bertz CT molecular complexity index is 576. The largest absolute Gasteiger partial charge is 0.313 e. The van der Waals surface area contributed by atoms with E-state index in [9.17, 15) is 0 Å². The van der Waals surface area contributed by atoms with Crippen LogP contribution in [0.1, 0.15) is 11.1 Å². The van der Waals surface area contributed by atoms with Gasteiger partial charge in [-0.3, -0.25) is 10.2 Å². The Morgan fingerprint density at radius 3 is 2.36 bits per heavy atom. The predicted molar refractivity (Wildman–Crippen MR) is 93.2 cm³/mol. The smallest absolute Gasteiger partial charge is 0.221 e. The van der Waals surface area contributed by atoms with Crippen LogP contribution in [-0.2, 0) is 10.5 Å². The van der Waals surface area contributed by atoms with E-state index in [0.29, 0.717) is 6.41 Å². The van der Waals surface area contributed by atoms with Gasteiger partial charge in [0.25, 0.3) is 0 Å². The minimum absolute atomic E-state index is 0.403. The average molecular weight is 318 g/mol. The fourth-order valence-electron chi connectivity index (χ4n) is 1.83. The molecule has 0 heterocycles. The van der Waals surface area contributed by atoms with E-state index in [4.69, 9.17) is 10.6 Å². The van der Waals surface area contributed by atoms with Crippen molar-refractivity contribution in [3.8, 4) is 0 Å². The maximum absolute atomic E-state index is 8.94. The minimum atomic E-state index is 0.403. The third-order valence-corrected chi connectivity index (χ3v) is 4.16. The molecule has 0 aliphatic heterocycles. The number of nitrogens with zero attached hydrogens (tertiary/aromatic N) is 1. The van der Waals surface area contributed by atoms with Gasteiger partial charge in [0.15, 0.2) is 0 Å². The number of carbonyl (C=O) groups excluding carboxylic acids is 1. The van der Waals surface area contributed by atoms with E-state index < -0.39 is 0 Å². The highest BCUT2D eigenvalue weighted by Crippen LogP contribution is 2.33. The van der Waals surface area contributed by atoms with E-state index >= 15 is 0 Å². The summed E-state index contributed by atoms with van der Waals surface area (Å²) in [6.07, 6.45) is 0.403. The van der Waals surface area contributed by atoms with Crippen molar-refractivity contribution in [2.45, 2.75) is 17.6 Å². The van der Waals surface area contributed by atoms with Gasteiger partial charge in [-0.25, -0.2) is 11.7 Å². The van der Waals surface area contributed by atoms with Crippen LogP contribution < -0.4 is 22.1 Å². The van der Waals surface area contributed by atoms with Crippen molar-refractivity contribution < 1.29 is 4.79 Å². The predicted octanol–water partition coefficient (Wildman–Crippen LogP) is 2.20. The molecule has 2 rings (SSSR count). The Hall–Kier alpha value is -2.02. The number of nitrogens with one attached hydrogen (secondary N) is 1. The second-order valence-electron chi connectivity index (χ2n) is 4.59. The molecule has 0 aromatic heterocycles. The zero-order chi connectivity index (χ0) is 16.4. The lowest BCUT2D eigenvalue weighted by molar-refractivity contribution is -0.109. The number of nitrogens with two attached hydrogens (primary N) is 2. The van der Waals surface area contributed by atoms with Crippen molar-refractivity contribution in [1.29, 1.82) is 0 Å². The molecule has 0 unspecified atom stereocenters. The van der Waals surface area contributed by atoms with Gasteiger partial charge >= 0.3 is 0 Å². The number of anilines is 1. The zero-order valence-electron chi connectivity index (χ0n) is 12.8. The molecule has 5 nitrogen and oxygen atoms in total. The summed E-state index contributed by atoms with van der Waals surface area (Å²) >= 11 is 1.83. The number of hydrazine groups is 2. The van der Waals surface area contributed by atoms with Crippen LogP contribution in [0.4, 0.5) is 5.69 Å². The standard InChI is InChI=1S/C15H18N2S.CH4N2O/c1-12-7-6-10-14(17(2)16)15(12)18-11-13-8-4-3-5-9-13;2-3-1-4/h3-10H,11,16H2,1-2H3;1H,2H2,(H,3,4). The summed E-state index contributed by atoms with van der Waals surface area (Å²) < 4.78 is 0. The summed E-state index contributed by atoms with van der Waals surface area (Å²) in [5.41, 5.74) is 5.43. The van der Waals surface area contributed by atoms with Gasteiger partial charge in [0.1, 0.15) is 0 Å². The quantitative estimate of drug-likeness (QED) is 0.259. The van der Waals surface area contributed by atoms with E-state index in [1.165, 1.54) is 16.0 Å². The normalized spacial score (nSPS) is 9.45. The Morgan fingerprint density at radius 2 is 1.82 bits per heavy atom. The lowest BCUT2D eigenvalue weighted by Crippen LogP contribution is -2.25. The molecular formula is C16H22N4OS. The molecule has 0 aliphatic rings. The molecule has 2 aromatic rings. The summed E-state index contributed by atoms with van der Waals surface area (Å²) in [7, 11) is 1.88. The van der Waals surface area contributed by atoms with E-state index in [1.807, 2.05) is 30.9 Å². The van der Waals surface area contributed by atoms with E-state index in [2.05, 4.69) is 49.2 Å². The zero-order valence-corrected chi connectivity index (χ0v) is 13.6. The van der Waals surface area contributed by atoms with Crippen LogP contribution >= 0.6 is 11.8 Å². The van der Waals surface area contributed by atoms with Crippen molar-refractivity contribution >= 4 is 23.9 Å². The van der Waals surface area contributed by atoms with Crippen molar-refractivity contribution in [2.75, 3.05) is 12.1 Å². The second kappa shape index (κ2) is 9.83. The van der Waals surface area contributed by atoms with Crippen molar-refractivity contribution in [3.05, 3.63) is 59.7 Å². The maximum atomic E-state index is 8.94. The number of thioether (sulfide) groups is 1. The first-order chi connectivity index (χ1) is 10.6. The molecule has 5 N–H and O–H groups in total. The van der Waals surface area contributed by atoms with Crippen LogP contribution in [0.25, 0.3) is 0 Å². The molecule has 0 saturated carbocycles. The molecule has 0 saturated heterocycles. The van der Waals surface area contributed by atoms with E-state index in [0.717, 1.165) is 11.4 Å². The number of benzene rings is 2. The average Bonchev–Trinajstić information content (AvgIpc) is 2.54. The van der Waals surface area contributed by atoms with Gasteiger partial charge in [-0.2, -0.15) is 0 Å². The van der Waals surface area contributed by atoms with Crippen molar-refractivity contribution in [2.24, 2.45) is 11.7 Å². The van der Waals surface area contributed by atoms with Gasteiger partial charge in [0.2, 0.25) is 6.41 Å². The lowest BCUT2D eigenvalue weighted by atomic mass is 10.2. The van der Waals surface area contributed by atoms with Gasteiger partial charge in [0.05, 0.1) is 5.69 Å². The molecule has 0 atom stereocenters. The summed E-state index contributed by atoms with van der Waals surface area (Å²) in [5, 5.41) is 1.68. The van der Waals surface area contributed by atoms with Crippen LogP contribution in [0.5, 0.6) is 0 Å². The molecule has 1 amide bonds. The highest BCUT2D eigenvalue weighted by Gasteiger charge is 2.08. The number of hydrogen-bond donors (Lipinski definition) is 3. The maximum Gasteiger partial charge on any atom is 0.221 e. The molecule has 0 aliphatic carbocycles. The summed E-state index contributed by atoms with van der Waals surface area (Å²) in [6.45, 7) is 2.13. The molecule has 0 spiro atoms. The van der Waals surface area contributed by atoms with E-state index in [1.54, 1.807) is 10.4 Å². The van der Waals surface area contributed by atoms with Gasteiger partial charge in [0, 0.05) is 17.7 Å². The molecular weight excluding hydrogens is 296 g/mol. The Labute approximate surface area is 135 Å². The van der Waals surface area contributed by atoms with Crippen LogP contribution in [0.15, 0.2) is 53.4 Å². The monoisotopic (exact) mass is 318 g/mol. The molecule has 6 heteroatoms. The number of hydrogen-bond acceptors (Lipinski definition) is 5. The Balaban J connectivity index is 0.000000541. The van der Waals surface area contributed by atoms with E-state index in [-0.39, 0.29) is 0 Å². The van der Waals surface area contributed by atoms with Crippen LogP contribution in [0.2, 0.25) is 0 Å². The Kier molecular flexibility index (Phi) is 8.06. The van der Waals surface area contributed by atoms with Crippen molar-refractivity contribution in [1.82, 2.24) is 5.43 Å². The number of rotatable bonds is 5. The van der Waals surface area contributed by atoms with Gasteiger partial charge in [-0.05, 0) is 24.1 Å². The van der Waals surface area contributed by atoms with Crippen LogP contribution in [0.3, 0.4) is 0 Å². The number of aryl methyl sites for hydroxylation is 1. The molecule has 118 valence electrons. The SMILES string of the molecule is Cc1cccc(N(C)N)c1SCc1ccccc1.NNC=O. The minimum Gasteiger partial charge on any atom is -0.313 e. The number of carbonyl (C=O) groups is 1. The highest BCUT2D eigenvalue weighted by molar-refractivity contribution is 7.98. The molecule has 0 bridgehead atoms. The van der Waals surface area contributed by atoms with Gasteiger partial charge < -0.3 is 5.01 Å². The molecule has 0 radical (unpaired) electrons. The Morgan fingerprint density at radius 1 is 1.18 bits per heavy atom. The van der Waals surface area contributed by atoms with Crippen molar-refractivity contribution in [3.63, 3.8) is 0 Å². The fourth-order valence-corrected chi connectivity index (χ4v) is 2.99. The number of amides is 1. The molecule has 2 aromatic carbocycles. The first-order valence-corrected chi connectivity index (χ1v) is 7.73. The molecule has 22 heavy (non-hydrogen) atoms. The third kappa shape index (κ3) is 5.77. The topological polar surface area (TPSA) is 84.4 Å². The van der Waals surface area contributed by atoms with Crippen LogP contribution in [0, 0.1) is 6.92 Å². The van der Waals surface area contributed by atoms with Gasteiger partial charge in [-0.1, -0.05) is 42.5 Å². The van der Waals surface area contributed by atoms with Gasteiger partial charge in [-0.15, -0.1) is 11.8 Å². The van der Waals surface area contributed by atoms with Crippen LogP contribution in [-0.4, -0.2) is 13.5 Å².